The van der Waals surface area contributed by atoms with Crippen molar-refractivity contribution in [3.8, 4) is 0 Å². The zero-order valence-electron chi connectivity index (χ0n) is 17.4. The normalized spacial score (nSPS) is 12.2. The van der Waals surface area contributed by atoms with Crippen LogP contribution < -0.4 is 9.62 Å². The first-order valence-electron chi connectivity index (χ1n) is 9.85. The van der Waals surface area contributed by atoms with Crippen LogP contribution in [0.15, 0.2) is 83.8 Å². The van der Waals surface area contributed by atoms with Crippen molar-refractivity contribution < 1.29 is 13.2 Å². The van der Waals surface area contributed by atoms with Crippen LogP contribution in [0.25, 0.3) is 0 Å². The highest BCUT2D eigenvalue weighted by atomic mass is 32.2. The van der Waals surface area contributed by atoms with Crippen LogP contribution in [-0.4, -0.2) is 21.4 Å². The number of sulfonamides is 1. The Morgan fingerprint density at radius 1 is 0.933 bits per heavy atom. The van der Waals surface area contributed by atoms with Crippen molar-refractivity contribution >= 4 is 21.6 Å². The molecule has 30 heavy (non-hydrogen) atoms. The molecule has 0 unspecified atom stereocenters. The Labute approximate surface area is 178 Å². The summed E-state index contributed by atoms with van der Waals surface area (Å²) < 4.78 is 27.4. The Kier molecular flexibility index (Phi) is 6.57. The van der Waals surface area contributed by atoms with Crippen LogP contribution >= 0.6 is 0 Å². The standard InChI is InChI=1S/C24H26N2O3S/c1-4-22(19-10-6-5-7-11-19)25-24(27)21-12-8-9-13-23(21)26(3)30(28,29)20-16-14-18(2)15-17-20/h5-17,22H,4H2,1-3H3,(H,25,27)/t22-/m1/s1. The van der Waals surface area contributed by atoms with E-state index in [1.807, 2.05) is 44.2 Å². The molecule has 0 radical (unpaired) electrons. The fraction of sp³-hybridized carbons (Fsp3) is 0.208. The zero-order valence-corrected chi connectivity index (χ0v) is 18.2. The van der Waals surface area contributed by atoms with Crippen LogP contribution in [0.5, 0.6) is 0 Å². The molecule has 1 atom stereocenters. The molecule has 1 N–H and O–H groups in total. The topological polar surface area (TPSA) is 66.5 Å². The second-order valence-corrected chi connectivity index (χ2v) is 9.12. The fourth-order valence-corrected chi connectivity index (χ4v) is 4.49. The summed E-state index contributed by atoms with van der Waals surface area (Å²) in [5.41, 5.74) is 2.62. The maximum Gasteiger partial charge on any atom is 0.264 e. The minimum absolute atomic E-state index is 0.161. The van der Waals surface area contributed by atoms with E-state index in [1.165, 1.54) is 7.05 Å². The van der Waals surface area contributed by atoms with Gasteiger partial charge in [-0.05, 0) is 43.2 Å². The van der Waals surface area contributed by atoms with E-state index in [0.29, 0.717) is 11.3 Å². The summed E-state index contributed by atoms with van der Waals surface area (Å²) in [5, 5.41) is 3.03. The summed E-state index contributed by atoms with van der Waals surface area (Å²) in [4.78, 5) is 13.3. The number of amides is 1. The van der Waals surface area contributed by atoms with Gasteiger partial charge in [-0.25, -0.2) is 8.42 Å². The number of carbonyl (C=O) groups is 1. The molecule has 3 aromatic carbocycles. The second-order valence-electron chi connectivity index (χ2n) is 7.15. The summed E-state index contributed by atoms with van der Waals surface area (Å²) in [6, 6.07) is 23.0. The number of aryl methyl sites for hydroxylation is 1. The van der Waals surface area contributed by atoms with Gasteiger partial charge >= 0.3 is 0 Å². The van der Waals surface area contributed by atoms with Gasteiger partial charge in [0, 0.05) is 7.05 Å². The average Bonchev–Trinajstić information content (AvgIpc) is 2.77. The molecule has 3 aromatic rings. The third kappa shape index (κ3) is 4.54. The van der Waals surface area contributed by atoms with Gasteiger partial charge in [0.05, 0.1) is 22.2 Å². The molecule has 0 bridgehead atoms. The van der Waals surface area contributed by atoms with Gasteiger partial charge in [-0.1, -0.05) is 67.1 Å². The molecule has 156 valence electrons. The Balaban J connectivity index is 1.91. The van der Waals surface area contributed by atoms with E-state index in [2.05, 4.69) is 5.32 Å². The van der Waals surface area contributed by atoms with Gasteiger partial charge < -0.3 is 5.32 Å². The number of hydrogen-bond acceptors (Lipinski definition) is 3. The average molecular weight is 423 g/mol. The number of carbonyl (C=O) groups excluding carboxylic acids is 1. The molecule has 0 heterocycles. The molecular weight excluding hydrogens is 396 g/mol. The quantitative estimate of drug-likeness (QED) is 0.600. The third-order valence-electron chi connectivity index (χ3n) is 5.08. The molecule has 0 saturated carbocycles. The SMILES string of the molecule is CC[C@@H](NC(=O)c1ccccc1N(C)S(=O)(=O)c1ccc(C)cc1)c1ccccc1. The van der Waals surface area contributed by atoms with Crippen LogP contribution in [0.3, 0.4) is 0 Å². The molecule has 0 aromatic heterocycles. The highest BCUT2D eigenvalue weighted by Gasteiger charge is 2.25. The molecule has 1 amide bonds. The summed E-state index contributed by atoms with van der Waals surface area (Å²) in [7, 11) is -2.33. The summed E-state index contributed by atoms with van der Waals surface area (Å²) in [6.07, 6.45) is 0.718. The number of rotatable bonds is 7. The summed E-state index contributed by atoms with van der Waals surface area (Å²) >= 11 is 0. The Morgan fingerprint density at radius 3 is 2.17 bits per heavy atom. The minimum Gasteiger partial charge on any atom is -0.345 e. The van der Waals surface area contributed by atoms with Gasteiger partial charge in [-0.3, -0.25) is 9.10 Å². The maximum atomic E-state index is 13.1. The molecule has 0 spiro atoms. The molecule has 0 fully saturated rings. The van der Waals surface area contributed by atoms with E-state index in [4.69, 9.17) is 0 Å². The fourth-order valence-electron chi connectivity index (χ4n) is 3.28. The van der Waals surface area contributed by atoms with E-state index < -0.39 is 10.0 Å². The third-order valence-corrected chi connectivity index (χ3v) is 6.87. The number of para-hydroxylation sites is 1. The van der Waals surface area contributed by atoms with Crippen molar-refractivity contribution in [1.82, 2.24) is 5.32 Å². The van der Waals surface area contributed by atoms with Crippen molar-refractivity contribution in [2.24, 2.45) is 0 Å². The second kappa shape index (κ2) is 9.13. The van der Waals surface area contributed by atoms with E-state index in [0.717, 1.165) is 21.9 Å². The lowest BCUT2D eigenvalue weighted by atomic mass is 10.0. The Morgan fingerprint density at radius 2 is 1.53 bits per heavy atom. The van der Waals surface area contributed by atoms with Gasteiger partial charge in [-0.2, -0.15) is 0 Å². The minimum atomic E-state index is -3.80. The van der Waals surface area contributed by atoms with Gasteiger partial charge in [0.1, 0.15) is 0 Å². The number of nitrogens with zero attached hydrogens (tertiary/aromatic N) is 1. The first-order chi connectivity index (χ1) is 14.3. The van der Waals surface area contributed by atoms with Crippen molar-refractivity contribution in [3.63, 3.8) is 0 Å². The smallest absolute Gasteiger partial charge is 0.264 e. The molecule has 0 aliphatic carbocycles. The van der Waals surface area contributed by atoms with Gasteiger partial charge in [-0.15, -0.1) is 0 Å². The first kappa shape index (κ1) is 21.6. The summed E-state index contributed by atoms with van der Waals surface area (Å²) in [6.45, 7) is 3.90. The number of nitrogens with one attached hydrogen (secondary N) is 1. The lowest BCUT2D eigenvalue weighted by molar-refractivity contribution is 0.0936. The highest BCUT2D eigenvalue weighted by Crippen LogP contribution is 2.27. The van der Waals surface area contributed by atoms with Crippen molar-refractivity contribution in [1.29, 1.82) is 0 Å². The van der Waals surface area contributed by atoms with Crippen LogP contribution in [0.4, 0.5) is 5.69 Å². The lowest BCUT2D eigenvalue weighted by Crippen LogP contribution is -2.32. The molecule has 6 heteroatoms. The molecule has 0 aliphatic rings. The van der Waals surface area contributed by atoms with Crippen molar-refractivity contribution in [2.75, 3.05) is 11.4 Å². The number of hydrogen-bond donors (Lipinski definition) is 1. The monoisotopic (exact) mass is 422 g/mol. The van der Waals surface area contributed by atoms with Crippen LogP contribution in [0, 0.1) is 6.92 Å². The van der Waals surface area contributed by atoms with E-state index >= 15 is 0 Å². The van der Waals surface area contributed by atoms with Gasteiger partial charge in [0.2, 0.25) is 0 Å². The predicted octanol–water partition coefficient (Wildman–Crippen LogP) is 4.70. The van der Waals surface area contributed by atoms with Crippen LogP contribution in [0.1, 0.15) is 40.9 Å². The number of benzene rings is 3. The van der Waals surface area contributed by atoms with Crippen molar-refractivity contribution in [3.05, 3.63) is 95.6 Å². The summed E-state index contributed by atoms with van der Waals surface area (Å²) in [5.74, 6) is -0.313. The molecule has 0 saturated heterocycles. The van der Waals surface area contributed by atoms with E-state index in [9.17, 15) is 13.2 Å². The Hall–Kier alpha value is -3.12. The number of anilines is 1. The van der Waals surface area contributed by atoms with E-state index in [1.54, 1.807) is 48.5 Å². The molecular formula is C24H26N2O3S. The first-order valence-corrected chi connectivity index (χ1v) is 11.3. The van der Waals surface area contributed by atoms with Crippen LogP contribution in [-0.2, 0) is 10.0 Å². The lowest BCUT2D eigenvalue weighted by Gasteiger charge is -2.23. The van der Waals surface area contributed by atoms with Gasteiger partial charge in [0.15, 0.2) is 0 Å². The van der Waals surface area contributed by atoms with Crippen LogP contribution in [0.2, 0.25) is 0 Å². The van der Waals surface area contributed by atoms with E-state index in [-0.39, 0.29) is 16.8 Å². The molecule has 3 rings (SSSR count). The largest absolute Gasteiger partial charge is 0.345 e. The molecule has 0 aliphatic heterocycles. The maximum absolute atomic E-state index is 13.1. The molecule has 5 nitrogen and oxygen atoms in total. The highest BCUT2D eigenvalue weighted by molar-refractivity contribution is 7.92. The van der Waals surface area contributed by atoms with Gasteiger partial charge in [0.25, 0.3) is 15.9 Å². The zero-order chi connectivity index (χ0) is 21.7. The predicted molar refractivity (Wildman–Crippen MR) is 120 cm³/mol. The van der Waals surface area contributed by atoms with Crippen molar-refractivity contribution in [2.45, 2.75) is 31.2 Å². The Bertz CT molecular complexity index is 1110.